The molecule has 2 aromatic heterocycles. The number of fused-ring (bicyclic) bond motifs is 1. The average Bonchev–Trinajstić information content (AvgIpc) is 2.97. The topological polar surface area (TPSA) is 72.2 Å². The lowest BCUT2D eigenvalue weighted by Crippen LogP contribution is -2.12. The highest BCUT2D eigenvalue weighted by Crippen LogP contribution is 2.17. The molecule has 1 N–H and O–H groups in total. The molecule has 2 heterocycles. The molecule has 0 saturated heterocycles. The first-order valence-electron chi connectivity index (χ1n) is 5.92. The van der Waals surface area contributed by atoms with Crippen LogP contribution in [0.15, 0.2) is 35.1 Å². The maximum Gasteiger partial charge on any atom is 0.234 e. The smallest absolute Gasteiger partial charge is 0.234 e. The molecule has 1 amide bonds. The van der Waals surface area contributed by atoms with Crippen molar-refractivity contribution in [2.45, 2.75) is 12.8 Å². The Hall–Kier alpha value is -1.80. The molecule has 0 unspecified atom stereocenters. The van der Waals surface area contributed by atoms with Crippen LogP contribution >= 0.6 is 27.3 Å². The fraction of sp³-hybridized carbons (Fsp3) is 0.167. The number of amides is 1. The van der Waals surface area contributed by atoms with Crippen molar-refractivity contribution in [3.63, 3.8) is 0 Å². The summed E-state index contributed by atoms with van der Waals surface area (Å²) in [5, 5.41) is 15.7. The highest BCUT2D eigenvalue weighted by atomic mass is 79.9. The van der Waals surface area contributed by atoms with Gasteiger partial charge in [0, 0.05) is 23.0 Å². The molecule has 0 aliphatic heterocycles. The van der Waals surface area contributed by atoms with Gasteiger partial charge in [-0.1, -0.05) is 33.3 Å². The third-order valence-corrected chi connectivity index (χ3v) is 4.07. The molecule has 0 aliphatic rings. The second-order valence-corrected chi connectivity index (χ2v) is 6.07. The third kappa shape index (κ3) is 3.02. The summed E-state index contributed by atoms with van der Waals surface area (Å²) in [5.74, 6) is -0.0333. The van der Waals surface area contributed by atoms with Gasteiger partial charge in [-0.2, -0.15) is 9.61 Å². The van der Waals surface area contributed by atoms with Crippen molar-refractivity contribution < 1.29 is 4.79 Å². The summed E-state index contributed by atoms with van der Waals surface area (Å²) in [6, 6.07) is 7.50. The Bertz CT molecular complexity index is 724. The molecule has 3 rings (SSSR count). The number of benzene rings is 1. The minimum Gasteiger partial charge on any atom is -0.326 e. The molecular formula is C12H10BrN5OS. The third-order valence-electron chi connectivity index (χ3n) is 2.60. The van der Waals surface area contributed by atoms with Gasteiger partial charge in [0.15, 0.2) is 0 Å². The van der Waals surface area contributed by atoms with Gasteiger partial charge in [0.25, 0.3) is 0 Å². The largest absolute Gasteiger partial charge is 0.326 e. The molecule has 0 fully saturated rings. The van der Waals surface area contributed by atoms with Gasteiger partial charge in [-0.25, -0.2) is 0 Å². The molecule has 6 nitrogen and oxygen atoms in total. The number of halogens is 1. The molecule has 0 aliphatic carbocycles. The van der Waals surface area contributed by atoms with E-state index in [1.54, 1.807) is 10.8 Å². The van der Waals surface area contributed by atoms with Gasteiger partial charge in [0.05, 0.1) is 0 Å². The zero-order valence-electron chi connectivity index (χ0n) is 10.3. The number of rotatable bonds is 4. The van der Waals surface area contributed by atoms with Crippen LogP contribution in [0.3, 0.4) is 0 Å². The summed E-state index contributed by atoms with van der Waals surface area (Å²) >= 11 is 4.81. The van der Waals surface area contributed by atoms with E-state index in [1.165, 1.54) is 11.3 Å². The molecule has 0 radical (unpaired) electrons. The lowest BCUT2D eigenvalue weighted by atomic mass is 10.2. The Morgan fingerprint density at radius 1 is 1.45 bits per heavy atom. The Labute approximate surface area is 127 Å². The Morgan fingerprint density at radius 2 is 2.35 bits per heavy atom. The molecule has 0 bridgehead atoms. The predicted octanol–water partition coefficient (Wildman–Crippen LogP) is 2.52. The van der Waals surface area contributed by atoms with Gasteiger partial charge < -0.3 is 5.32 Å². The number of carbonyl (C=O) groups is 1. The Balaban J connectivity index is 1.58. The van der Waals surface area contributed by atoms with Crippen molar-refractivity contribution in [3.8, 4) is 0 Å². The molecule has 0 spiro atoms. The molecular weight excluding hydrogens is 342 g/mol. The Morgan fingerprint density at radius 3 is 3.15 bits per heavy atom. The molecule has 3 aromatic rings. The zero-order chi connectivity index (χ0) is 13.9. The molecule has 102 valence electrons. The highest BCUT2D eigenvalue weighted by Gasteiger charge is 2.08. The van der Waals surface area contributed by atoms with Crippen LogP contribution in [-0.2, 0) is 11.2 Å². The van der Waals surface area contributed by atoms with Gasteiger partial charge in [0.1, 0.15) is 11.3 Å². The second-order valence-electron chi connectivity index (χ2n) is 4.11. The number of carbonyl (C=O) groups excluding carboxylic acids is 1. The van der Waals surface area contributed by atoms with Crippen LogP contribution in [0, 0.1) is 0 Å². The van der Waals surface area contributed by atoms with E-state index in [4.69, 9.17) is 0 Å². The van der Waals surface area contributed by atoms with E-state index in [1.807, 2.05) is 24.3 Å². The standard InChI is InChI=1S/C12H10BrN5OS/c13-8-2-1-3-9(6-8)15-10(19)4-5-11-17-18-7-14-16-12(18)20-11/h1-3,6-7H,4-5H2,(H,15,19). The molecule has 1 aromatic carbocycles. The summed E-state index contributed by atoms with van der Waals surface area (Å²) in [6.45, 7) is 0. The molecule has 0 saturated carbocycles. The monoisotopic (exact) mass is 351 g/mol. The van der Waals surface area contributed by atoms with Crippen LogP contribution in [0.5, 0.6) is 0 Å². The first kappa shape index (κ1) is 13.2. The second kappa shape index (κ2) is 5.68. The lowest BCUT2D eigenvalue weighted by molar-refractivity contribution is -0.116. The van der Waals surface area contributed by atoms with Gasteiger partial charge in [-0.3, -0.25) is 4.79 Å². The number of aryl methyl sites for hydroxylation is 1. The quantitative estimate of drug-likeness (QED) is 0.783. The van der Waals surface area contributed by atoms with Crippen LogP contribution in [0.1, 0.15) is 11.4 Å². The van der Waals surface area contributed by atoms with Crippen LogP contribution in [0.4, 0.5) is 5.69 Å². The van der Waals surface area contributed by atoms with Crippen LogP contribution in [-0.4, -0.2) is 25.7 Å². The van der Waals surface area contributed by atoms with E-state index in [0.717, 1.165) is 20.1 Å². The van der Waals surface area contributed by atoms with Crippen LogP contribution in [0.25, 0.3) is 4.96 Å². The summed E-state index contributed by atoms with van der Waals surface area (Å²) in [4.78, 5) is 12.6. The van der Waals surface area contributed by atoms with Crippen LogP contribution in [0.2, 0.25) is 0 Å². The van der Waals surface area contributed by atoms with Crippen molar-refractivity contribution in [2.24, 2.45) is 0 Å². The van der Waals surface area contributed by atoms with Gasteiger partial charge in [-0.15, -0.1) is 10.2 Å². The van der Waals surface area contributed by atoms with E-state index in [9.17, 15) is 4.79 Å². The average molecular weight is 352 g/mol. The number of aromatic nitrogens is 4. The summed E-state index contributed by atoms with van der Waals surface area (Å²) in [5.41, 5.74) is 0.780. The number of anilines is 1. The van der Waals surface area contributed by atoms with E-state index in [0.29, 0.717) is 12.8 Å². The van der Waals surface area contributed by atoms with Crippen molar-refractivity contribution in [3.05, 3.63) is 40.1 Å². The first-order valence-corrected chi connectivity index (χ1v) is 7.53. The minimum atomic E-state index is -0.0333. The summed E-state index contributed by atoms with van der Waals surface area (Å²) in [7, 11) is 0. The number of nitrogens with zero attached hydrogens (tertiary/aromatic N) is 4. The predicted molar refractivity (Wildman–Crippen MR) is 79.8 cm³/mol. The fourth-order valence-corrected chi connectivity index (χ4v) is 2.92. The van der Waals surface area contributed by atoms with Gasteiger partial charge in [-0.05, 0) is 18.2 Å². The van der Waals surface area contributed by atoms with E-state index in [2.05, 4.69) is 36.5 Å². The van der Waals surface area contributed by atoms with E-state index < -0.39 is 0 Å². The SMILES string of the molecule is O=C(CCc1nn2cnnc2s1)Nc1cccc(Br)c1. The van der Waals surface area contributed by atoms with E-state index >= 15 is 0 Å². The first-order chi connectivity index (χ1) is 9.70. The zero-order valence-corrected chi connectivity index (χ0v) is 12.7. The summed E-state index contributed by atoms with van der Waals surface area (Å²) < 4.78 is 2.55. The van der Waals surface area contributed by atoms with Crippen molar-refractivity contribution in [2.75, 3.05) is 5.32 Å². The van der Waals surface area contributed by atoms with Crippen molar-refractivity contribution in [1.29, 1.82) is 0 Å². The molecule has 20 heavy (non-hydrogen) atoms. The number of nitrogens with one attached hydrogen (secondary N) is 1. The maximum atomic E-state index is 11.9. The maximum absolute atomic E-state index is 11.9. The van der Waals surface area contributed by atoms with Crippen molar-refractivity contribution in [1.82, 2.24) is 19.8 Å². The highest BCUT2D eigenvalue weighted by molar-refractivity contribution is 9.10. The van der Waals surface area contributed by atoms with Crippen LogP contribution < -0.4 is 5.32 Å². The number of hydrogen-bond acceptors (Lipinski definition) is 5. The van der Waals surface area contributed by atoms with Gasteiger partial charge >= 0.3 is 0 Å². The molecule has 0 atom stereocenters. The number of hydrogen-bond donors (Lipinski definition) is 1. The summed E-state index contributed by atoms with van der Waals surface area (Å²) in [6.07, 6.45) is 2.53. The van der Waals surface area contributed by atoms with E-state index in [-0.39, 0.29) is 5.91 Å². The lowest BCUT2D eigenvalue weighted by Gasteiger charge is -2.04. The normalized spacial score (nSPS) is 10.8. The fourth-order valence-electron chi connectivity index (χ4n) is 1.71. The Kier molecular flexibility index (Phi) is 3.75. The van der Waals surface area contributed by atoms with Crippen molar-refractivity contribution >= 4 is 43.8 Å². The van der Waals surface area contributed by atoms with Gasteiger partial charge in [0.2, 0.25) is 10.9 Å². The minimum absolute atomic E-state index is 0.0333. The molecule has 8 heteroatoms.